The summed E-state index contributed by atoms with van der Waals surface area (Å²) in [6.07, 6.45) is 10.7. The highest BCUT2D eigenvalue weighted by molar-refractivity contribution is 7.80. The van der Waals surface area contributed by atoms with E-state index in [0.29, 0.717) is 18.9 Å². The van der Waals surface area contributed by atoms with Crippen molar-refractivity contribution in [3.8, 4) is 0 Å². The summed E-state index contributed by atoms with van der Waals surface area (Å²) in [7, 11) is 1.38. The first-order valence-electron chi connectivity index (χ1n) is 10.1. The largest absolute Gasteiger partial charge is 0.469 e. The summed E-state index contributed by atoms with van der Waals surface area (Å²) in [6.45, 7) is 10.7. The van der Waals surface area contributed by atoms with Crippen molar-refractivity contribution in [1.29, 1.82) is 0 Å². The molecule has 1 rings (SSSR count). The molecule has 0 aromatic carbocycles. The fraction of sp³-hybridized carbons (Fsp3) is 0.900. The Morgan fingerprint density at radius 3 is 1.96 bits per heavy atom. The third-order valence-corrected chi connectivity index (χ3v) is 3.77. The molecule has 0 radical (unpaired) electrons. The lowest BCUT2D eigenvalue weighted by molar-refractivity contribution is -0.140. The number of thiol groups is 1. The van der Waals surface area contributed by atoms with E-state index in [-0.39, 0.29) is 12.1 Å². The first-order chi connectivity index (χ1) is 12.5. The zero-order chi connectivity index (χ0) is 20.6. The van der Waals surface area contributed by atoms with E-state index >= 15 is 0 Å². The van der Waals surface area contributed by atoms with Crippen LogP contribution in [0.2, 0.25) is 0 Å². The lowest BCUT2D eigenvalue weighted by atomic mass is 9.91. The molecule has 0 atom stereocenters. The fourth-order valence-corrected chi connectivity index (χ4v) is 2.21. The molecule has 1 aliphatic carbocycles. The van der Waals surface area contributed by atoms with Crippen LogP contribution in [0.1, 0.15) is 92.4 Å². The molecule has 6 heteroatoms. The van der Waals surface area contributed by atoms with E-state index in [2.05, 4.69) is 36.5 Å². The fourth-order valence-electron chi connectivity index (χ4n) is 2.08. The molecule has 0 unspecified atom stereocenters. The van der Waals surface area contributed by atoms with Gasteiger partial charge in [0, 0.05) is 6.42 Å². The van der Waals surface area contributed by atoms with Crippen molar-refractivity contribution in [3.05, 3.63) is 0 Å². The average Bonchev–Trinajstić information content (AvgIpc) is 2.68. The van der Waals surface area contributed by atoms with Crippen LogP contribution in [0.25, 0.3) is 0 Å². The highest BCUT2D eigenvalue weighted by Crippen LogP contribution is 2.22. The molecule has 0 spiro atoms. The SMILES string of the molecule is CC.CC1CCCCC1.CCC(=O)OC.CCCCCOC(=O)NCS. The standard InChI is InChI=1S/C7H15NO2S.C7H14.C4H8O2.C2H6/c1-2-3-4-5-10-7(9)8-6-11;1-7-5-3-2-4-6-7;1-3-4(5)6-2;1-2/h11H,2-6H2,1H3,(H,8,9);7H,2-6H2,1H3;3H2,1-2H3;1-2H3. The Hall–Kier alpha value is -0.910. The minimum Gasteiger partial charge on any atom is -0.469 e. The van der Waals surface area contributed by atoms with Crippen LogP contribution in [0.5, 0.6) is 0 Å². The molecule has 1 N–H and O–H groups in total. The maximum Gasteiger partial charge on any atom is 0.407 e. The molecular formula is C20H43NO4S. The number of hydrogen-bond acceptors (Lipinski definition) is 5. The average molecular weight is 394 g/mol. The topological polar surface area (TPSA) is 64.6 Å². The maximum atomic E-state index is 10.6. The molecule has 1 amide bonds. The van der Waals surface area contributed by atoms with Crippen LogP contribution >= 0.6 is 12.6 Å². The molecule has 5 nitrogen and oxygen atoms in total. The van der Waals surface area contributed by atoms with Crippen LogP contribution < -0.4 is 5.32 Å². The molecule has 0 aliphatic heterocycles. The molecule has 0 bridgehead atoms. The van der Waals surface area contributed by atoms with Crippen molar-refractivity contribution in [2.75, 3.05) is 19.6 Å². The summed E-state index contributed by atoms with van der Waals surface area (Å²) in [4.78, 5) is 20.6. The van der Waals surface area contributed by atoms with Gasteiger partial charge in [0.15, 0.2) is 0 Å². The van der Waals surface area contributed by atoms with Crippen molar-refractivity contribution >= 4 is 24.7 Å². The molecule has 1 saturated carbocycles. The third kappa shape index (κ3) is 27.9. The van der Waals surface area contributed by atoms with E-state index in [1.165, 1.54) is 39.2 Å². The number of esters is 1. The van der Waals surface area contributed by atoms with Gasteiger partial charge < -0.3 is 14.8 Å². The number of carbonyl (C=O) groups is 2. The highest BCUT2D eigenvalue weighted by Gasteiger charge is 2.05. The highest BCUT2D eigenvalue weighted by atomic mass is 32.1. The summed E-state index contributed by atoms with van der Waals surface area (Å²) in [6, 6.07) is 0. The van der Waals surface area contributed by atoms with Gasteiger partial charge in [0.25, 0.3) is 0 Å². The molecule has 1 aliphatic rings. The summed E-state index contributed by atoms with van der Waals surface area (Å²) in [5.74, 6) is 1.20. The number of amides is 1. The smallest absolute Gasteiger partial charge is 0.407 e. The number of methoxy groups -OCH3 is 1. The van der Waals surface area contributed by atoms with Gasteiger partial charge in [-0.1, -0.05) is 79.6 Å². The molecule has 1 fully saturated rings. The van der Waals surface area contributed by atoms with Crippen LogP contribution in [0.4, 0.5) is 4.79 Å². The molecule has 0 heterocycles. The van der Waals surface area contributed by atoms with Crippen LogP contribution in [-0.4, -0.2) is 31.7 Å². The number of hydrogen-bond donors (Lipinski definition) is 2. The van der Waals surface area contributed by atoms with E-state index in [1.807, 2.05) is 13.8 Å². The van der Waals surface area contributed by atoms with Gasteiger partial charge in [0.05, 0.1) is 19.6 Å². The third-order valence-electron chi connectivity index (χ3n) is 3.61. The van der Waals surface area contributed by atoms with Crippen molar-refractivity contribution in [2.45, 2.75) is 92.4 Å². The molecule has 0 saturated heterocycles. The second-order valence-electron chi connectivity index (χ2n) is 5.85. The zero-order valence-electron chi connectivity index (χ0n) is 17.9. The minimum atomic E-state index is -0.379. The quantitative estimate of drug-likeness (QED) is 0.252. The van der Waals surface area contributed by atoms with E-state index < -0.39 is 0 Å². The Bertz CT molecular complexity index is 290. The predicted octanol–water partition coefficient (Wildman–Crippen LogP) is 5.97. The van der Waals surface area contributed by atoms with E-state index in [4.69, 9.17) is 4.74 Å². The summed E-state index contributed by atoms with van der Waals surface area (Å²) < 4.78 is 9.05. The number of unbranched alkanes of at least 4 members (excludes halogenated alkanes) is 2. The van der Waals surface area contributed by atoms with Crippen molar-refractivity contribution in [3.63, 3.8) is 0 Å². The molecule has 26 heavy (non-hydrogen) atoms. The predicted molar refractivity (Wildman–Crippen MR) is 114 cm³/mol. The van der Waals surface area contributed by atoms with Crippen LogP contribution in [0, 0.1) is 5.92 Å². The van der Waals surface area contributed by atoms with Gasteiger partial charge >= 0.3 is 12.1 Å². The number of rotatable bonds is 6. The summed E-state index contributed by atoms with van der Waals surface area (Å²) in [5, 5.41) is 2.43. The Balaban J connectivity index is -0.000000305. The monoisotopic (exact) mass is 393 g/mol. The van der Waals surface area contributed by atoms with Gasteiger partial charge in [-0.15, -0.1) is 0 Å². The van der Waals surface area contributed by atoms with Gasteiger partial charge in [-0.05, 0) is 12.3 Å². The van der Waals surface area contributed by atoms with Crippen LogP contribution in [0.15, 0.2) is 0 Å². The summed E-state index contributed by atoms with van der Waals surface area (Å²) in [5.41, 5.74) is 0. The number of alkyl carbamates (subject to hydrolysis) is 1. The van der Waals surface area contributed by atoms with Gasteiger partial charge in [0.2, 0.25) is 0 Å². The van der Waals surface area contributed by atoms with Crippen molar-refractivity contribution in [2.24, 2.45) is 5.92 Å². The lowest BCUT2D eigenvalue weighted by Crippen LogP contribution is -2.23. The second kappa shape index (κ2) is 26.3. The number of ether oxygens (including phenoxy) is 2. The molecule has 158 valence electrons. The van der Waals surface area contributed by atoms with Crippen LogP contribution in [0.3, 0.4) is 0 Å². The number of carbonyl (C=O) groups excluding carboxylic acids is 2. The molecule has 0 aromatic heterocycles. The normalized spacial score (nSPS) is 12.7. The zero-order valence-corrected chi connectivity index (χ0v) is 18.8. The summed E-state index contributed by atoms with van der Waals surface area (Å²) >= 11 is 3.81. The van der Waals surface area contributed by atoms with E-state index in [0.717, 1.165) is 25.2 Å². The van der Waals surface area contributed by atoms with Gasteiger partial charge in [-0.2, -0.15) is 12.6 Å². The van der Waals surface area contributed by atoms with E-state index in [1.54, 1.807) is 6.92 Å². The Morgan fingerprint density at radius 2 is 1.65 bits per heavy atom. The van der Waals surface area contributed by atoms with Crippen molar-refractivity contribution in [1.82, 2.24) is 5.32 Å². The minimum absolute atomic E-state index is 0.157. The Morgan fingerprint density at radius 1 is 1.08 bits per heavy atom. The van der Waals surface area contributed by atoms with Gasteiger partial charge in [0.1, 0.15) is 0 Å². The first kappa shape index (κ1) is 29.8. The molecular weight excluding hydrogens is 350 g/mol. The number of nitrogens with one attached hydrogen (secondary N) is 1. The Labute approximate surface area is 167 Å². The second-order valence-corrected chi connectivity index (χ2v) is 6.17. The van der Waals surface area contributed by atoms with E-state index in [9.17, 15) is 9.59 Å². The van der Waals surface area contributed by atoms with Gasteiger partial charge in [-0.25, -0.2) is 4.79 Å². The lowest BCUT2D eigenvalue weighted by Gasteiger charge is -2.15. The Kier molecular flexibility index (Phi) is 30.2. The van der Waals surface area contributed by atoms with Crippen LogP contribution in [-0.2, 0) is 14.3 Å². The maximum absolute atomic E-state index is 10.6. The molecule has 0 aromatic rings. The van der Waals surface area contributed by atoms with Crippen molar-refractivity contribution < 1.29 is 19.1 Å². The first-order valence-corrected chi connectivity index (χ1v) is 10.7. The van der Waals surface area contributed by atoms with Gasteiger partial charge in [-0.3, -0.25) is 4.79 Å².